The zero-order valence-corrected chi connectivity index (χ0v) is 11.1. The van der Waals surface area contributed by atoms with Crippen LogP contribution in [0, 0.1) is 5.41 Å². The molecule has 2 heteroatoms. The average molecular weight is 233 g/mol. The van der Waals surface area contributed by atoms with Gasteiger partial charge in [-0.3, -0.25) is 0 Å². The highest BCUT2D eigenvalue weighted by Gasteiger charge is 2.44. The molecule has 2 nitrogen and oxygen atoms in total. The van der Waals surface area contributed by atoms with Crippen LogP contribution in [0.3, 0.4) is 0 Å². The third-order valence-electron chi connectivity index (χ3n) is 4.17. The molecule has 1 aromatic carbocycles. The monoisotopic (exact) mass is 233 g/mol. The van der Waals surface area contributed by atoms with E-state index < -0.39 is 0 Å². The van der Waals surface area contributed by atoms with Gasteiger partial charge in [0.05, 0.1) is 7.11 Å². The summed E-state index contributed by atoms with van der Waals surface area (Å²) < 4.78 is 5.50. The fourth-order valence-electron chi connectivity index (χ4n) is 3.27. The summed E-state index contributed by atoms with van der Waals surface area (Å²) in [5.74, 6) is 0.982. The minimum absolute atomic E-state index is 0.107. The van der Waals surface area contributed by atoms with Crippen LogP contribution in [-0.4, -0.2) is 13.7 Å². The molecule has 1 aromatic rings. The van der Waals surface area contributed by atoms with E-state index in [1.165, 1.54) is 12.0 Å². The summed E-state index contributed by atoms with van der Waals surface area (Å²) in [6.45, 7) is 5.37. The third kappa shape index (κ3) is 2.19. The molecule has 0 aromatic heterocycles. The van der Waals surface area contributed by atoms with E-state index in [-0.39, 0.29) is 5.41 Å². The first-order valence-electron chi connectivity index (χ1n) is 6.37. The first-order chi connectivity index (χ1) is 8.03. The van der Waals surface area contributed by atoms with Crippen LogP contribution in [0.5, 0.6) is 5.75 Å². The van der Waals surface area contributed by atoms with E-state index in [2.05, 4.69) is 26.0 Å². The number of benzene rings is 1. The summed E-state index contributed by atoms with van der Waals surface area (Å²) in [5.41, 5.74) is 7.87. The van der Waals surface area contributed by atoms with Gasteiger partial charge in [-0.2, -0.15) is 0 Å². The van der Waals surface area contributed by atoms with E-state index in [0.717, 1.165) is 18.6 Å². The second-order valence-corrected chi connectivity index (χ2v) is 6.03. The molecule has 0 bridgehead atoms. The van der Waals surface area contributed by atoms with Crippen molar-refractivity contribution in [3.8, 4) is 5.75 Å². The maximum atomic E-state index is 6.09. The van der Waals surface area contributed by atoms with Gasteiger partial charge in [0.1, 0.15) is 5.75 Å². The molecule has 1 fully saturated rings. The molecule has 0 spiro atoms. The second kappa shape index (κ2) is 4.34. The van der Waals surface area contributed by atoms with Crippen LogP contribution < -0.4 is 10.5 Å². The van der Waals surface area contributed by atoms with Gasteiger partial charge in [0.25, 0.3) is 0 Å². The fraction of sp³-hybridized carbons (Fsp3) is 0.600. The molecule has 0 heterocycles. The van der Waals surface area contributed by atoms with E-state index in [1.807, 2.05) is 12.1 Å². The number of rotatable bonds is 3. The van der Waals surface area contributed by atoms with E-state index >= 15 is 0 Å². The Bertz CT molecular complexity index is 400. The van der Waals surface area contributed by atoms with Crippen LogP contribution >= 0.6 is 0 Å². The van der Waals surface area contributed by atoms with Gasteiger partial charge in [0.2, 0.25) is 0 Å². The number of para-hydroxylation sites is 1. The Labute approximate surface area is 104 Å². The zero-order chi connectivity index (χ0) is 12.5. The van der Waals surface area contributed by atoms with Crippen LogP contribution in [0.15, 0.2) is 24.3 Å². The quantitative estimate of drug-likeness (QED) is 0.870. The van der Waals surface area contributed by atoms with Crippen LogP contribution in [0.25, 0.3) is 0 Å². The number of nitrogens with two attached hydrogens (primary N) is 1. The Morgan fingerprint density at radius 1 is 1.24 bits per heavy atom. The Kier molecular flexibility index (Phi) is 3.17. The maximum Gasteiger partial charge on any atom is 0.122 e. The molecule has 1 aliphatic rings. The van der Waals surface area contributed by atoms with E-state index in [4.69, 9.17) is 10.5 Å². The highest BCUT2D eigenvalue weighted by Crippen LogP contribution is 2.51. The van der Waals surface area contributed by atoms with Crippen molar-refractivity contribution in [2.45, 2.75) is 38.5 Å². The smallest absolute Gasteiger partial charge is 0.122 e. The summed E-state index contributed by atoms with van der Waals surface area (Å²) in [7, 11) is 1.74. The molecule has 0 aliphatic heterocycles. The lowest BCUT2D eigenvalue weighted by Gasteiger charge is -2.31. The zero-order valence-electron chi connectivity index (χ0n) is 11.1. The maximum absolute atomic E-state index is 6.09. The molecule has 17 heavy (non-hydrogen) atoms. The SMILES string of the molecule is COc1ccccc1C1(CN)CCC(C)(C)C1. The van der Waals surface area contributed by atoms with Gasteiger partial charge in [-0.25, -0.2) is 0 Å². The lowest BCUT2D eigenvalue weighted by atomic mass is 9.75. The summed E-state index contributed by atoms with van der Waals surface area (Å²) in [4.78, 5) is 0. The van der Waals surface area contributed by atoms with E-state index in [9.17, 15) is 0 Å². The molecular weight excluding hydrogens is 210 g/mol. The average Bonchev–Trinajstić information content (AvgIpc) is 2.66. The van der Waals surface area contributed by atoms with Gasteiger partial charge in [-0.1, -0.05) is 32.0 Å². The van der Waals surface area contributed by atoms with Crippen LogP contribution in [0.4, 0.5) is 0 Å². The minimum atomic E-state index is 0.107. The third-order valence-corrected chi connectivity index (χ3v) is 4.17. The van der Waals surface area contributed by atoms with Crippen molar-refractivity contribution in [1.29, 1.82) is 0 Å². The largest absolute Gasteiger partial charge is 0.496 e. The topological polar surface area (TPSA) is 35.2 Å². The number of hydrogen-bond donors (Lipinski definition) is 1. The van der Waals surface area contributed by atoms with Crippen molar-refractivity contribution < 1.29 is 4.74 Å². The van der Waals surface area contributed by atoms with E-state index in [1.54, 1.807) is 7.11 Å². The molecule has 0 saturated heterocycles. The molecule has 0 amide bonds. The Morgan fingerprint density at radius 3 is 2.47 bits per heavy atom. The van der Waals surface area contributed by atoms with Crippen LogP contribution in [-0.2, 0) is 5.41 Å². The lowest BCUT2D eigenvalue weighted by molar-refractivity contribution is 0.327. The first-order valence-corrected chi connectivity index (χ1v) is 6.37. The minimum Gasteiger partial charge on any atom is -0.496 e. The standard InChI is InChI=1S/C15H23NO/c1-14(2)8-9-15(10-14,11-16)12-6-4-5-7-13(12)17-3/h4-7H,8-11,16H2,1-3H3. The lowest BCUT2D eigenvalue weighted by Crippen LogP contribution is -2.33. The number of hydrogen-bond acceptors (Lipinski definition) is 2. The predicted molar refractivity (Wildman–Crippen MR) is 71.4 cm³/mol. The highest BCUT2D eigenvalue weighted by molar-refractivity contribution is 5.41. The van der Waals surface area contributed by atoms with Crippen molar-refractivity contribution in [3.63, 3.8) is 0 Å². The van der Waals surface area contributed by atoms with Gasteiger partial charge >= 0.3 is 0 Å². The molecule has 0 radical (unpaired) electrons. The summed E-state index contributed by atoms with van der Waals surface area (Å²) >= 11 is 0. The van der Waals surface area contributed by atoms with Gasteiger partial charge in [-0.05, 0) is 30.7 Å². The van der Waals surface area contributed by atoms with Crippen molar-refractivity contribution >= 4 is 0 Å². The molecule has 2 N–H and O–H groups in total. The second-order valence-electron chi connectivity index (χ2n) is 6.03. The van der Waals surface area contributed by atoms with Crippen molar-refractivity contribution in [2.24, 2.45) is 11.1 Å². The van der Waals surface area contributed by atoms with Crippen LogP contribution in [0.1, 0.15) is 38.7 Å². The van der Waals surface area contributed by atoms with Crippen molar-refractivity contribution in [1.82, 2.24) is 0 Å². The number of methoxy groups -OCH3 is 1. The first kappa shape index (κ1) is 12.4. The van der Waals surface area contributed by atoms with Crippen LogP contribution in [0.2, 0.25) is 0 Å². The Morgan fingerprint density at radius 2 is 1.94 bits per heavy atom. The van der Waals surface area contributed by atoms with Gasteiger partial charge in [-0.15, -0.1) is 0 Å². The summed E-state index contributed by atoms with van der Waals surface area (Å²) in [5, 5.41) is 0. The predicted octanol–water partition coefficient (Wildman–Crippen LogP) is 3.10. The Balaban J connectivity index is 2.42. The summed E-state index contributed by atoms with van der Waals surface area (Å²) in [6, 6.07) is 8.32. The van der Waals surface area contributed by atoms with E-state index in [0.29, 0.717) is 12.0 Å². The van der Waals surface area contributed by atoms with Crippen molar-refractivity contribution in [2.75, 3.05) is 13.7 Å². The Hall–Kier alpha value is -1.02. The molecule has 1 aliphatic carbocycles. The highest BCUT2D eigenvalue weighted by atomic mass is 16.5. The molecule has 1 unspecified atom stereocenters. The summed E-state index contributed by atoms with van der Waals surface area (Å²) in [6.07, 6.45) is 3.55. The number of ether oxygens (including phenoxy) is 1. The normalized spacial score (nSPS) is 27.1. The van der Waals surface area contributed by atoms with Gasteiger partial charge in [0.15, 0.2) is 0 Å². The van der Waals surface area contributed by atoms with Crippen molar-refractivity contribution in [3.05, 3.63) is 29.8 Å². The molecule has 1 saturated carbocycles. The van der Waals surface area contributed by atoms with Gasteiger partial charge < -0.3 is 10.5 Å². The van der Waals surface area contributed by atoms with Gasteiger partial charge in [0, 0.05) is 17.5 Å². The molecular formula is C15H23NO. The molecule has 2 rings (SSSR count). The fourth-order valence-corrected chi connectivity index (χ4v) is 3.27. The molecule has 1 atom stereocenters. The molecule has 94 valence electrons.